The molecule has 0 saturated heterocycles. The minimum Gasteiger partial charge on any atom is -0.127 e. The normalized spacial score (nSPS) is 30.9. The summed E-state index contributed by atoms with van der Waals surface area (Å²) >= 11 is 1.88. The van der Waals surface area contributed by atoms with Gasteiger partial charge in [0.2, 0.25) is 0 Å². The monoisotopic (exact) mass is 286 g/mol. The first kappa shape index (κ1) is 16.8. The lowest BCUT2D eigenvalue weighted by atomic mass is 9.96. The van der Waals surface area contributed by atoms with Crippen molar-refractivity contribution in [3.63, 3.8) is 0 Å². The van der Waals surface area contributed by atoms with Crippen molar-refractivity contribution < 1.29 is 0 Å². The second kappa shape index (κ2) is 8.86. The second-order valence-electron chi connectivity index (χ2n) is 5.42. The fourth-order valence-electron chi connectivity index (χ4n) is 1.86. The molecule has 20 heavy (non-hydrogen) atoms. The fourth-order valence-corrected chi connectivity index (χ4v) is 2.65. The predicted molar refractivity (Wildman–Crippen MR) is 94.9 cm³/mol. The van der Waals surface area contributed by atoms with Crippen LogP contribution in [0, 0.1) is 5.92 Å². The summed E-state index contributed by atoms with van der Waals surface area (Å²) < 4.78 is 0. The maximum Gasteiger partial charge on any atom is 0.0163 e. The van der Waals surface area contributed by atoms with Gasteiger partial charge in [0.05, 0.1) is 0 Å². The summed E-state index contributed by atoms with van der Waals surface area (Å²) in [4.78, 5) is 1.34. The highest BCUT2D eigenvalue weighted by atomic mass is 32.2. The SMILES string of the molecule is C=C1CC(C)/C=C\C(C)=C/CS/C(C)=C/C=C\C=C1C. The standard InChI is InChI=1S/C19H26S/c1-15-10-11-16(2)14-18(4)17(3)8-6-7-9-19(5)20-13-12-15/h6-12,16H,4,13-14H2,1-3,5H3/b7-6-,11-10-,15-12-,17-8?,19-9+. The summed E-state index contributed by atoms with van der Waals surface area (Å²) in [5.41, 5.74) is 3.82. The zero-order chi connectivity index (χ0) is 15.0. The molecular formula is C19H26S. The third-order valence-electron chi connectivity index (χ3n) is 3.32. The lowest BCUT2D eigenvalue weighted by Crippen LogP contribution is -1.94. The van der Waals surface area contributed by atoms with Gasteiger partial charge in [-0.15, -0.1) is 11.8 Å². The number of allylic oxidation sites excluding steroid dienone is 10. The fraction of sp³-hybridized carbons (Fsp3) is 0.368. The van der Waals surface area contributed by atoms with E-state index < -0.39 is 0 Å². The lowest BCUT2D eigenvalue weighted by molar-refractivity contribution is 0.722. The van der Waals surface area contributed by atoms with Crippen LogP contribution in [0.5, 0.6) is 0 Å². The lowest BCUT2D eigenvalue weighted by Gasteiger charge is -2.09. The van der Waals surface area contributed by atoms with Gasteiger partial charge in [-0.05, 0) is 43.6 Å². The average Bonchev–Trinajstić information content (AvgIpc) is 2.40. The second-order valence-corrected chi connectivity index (χ2v) is 6.68. The third kappa shape index (κ3) is 6.81. The van der Waals surface area contributed by atoms with Crippen molar-refractivity contribution in [3.8, 4) is 0 Å². The van der Waals surface area contributed by atoms with Crippen LogP contribution in [0.15, 0.2) is 70.7 Å². The molecule has 1 atom stereocenters. The van der Waals surface area contributed by atoms with Crippen molar-refractivity contribution in [2.75, 3.05) is 5.75 Å². The van der Waals surface area contributed by atoms with Crippen molar-refractivity contribution in [2.45, 2.75) is 34.1 Å². The van der Waals surface area contributed by atoms with E-state index in [1.54, 1.807) is 0 Å². The molecule has 0 bridgehead atoms. The molecule has 0 aromatic rings. The highest BCUT2D eigenvalue weighted by Crippen LogP contribution is 2.20. The Morgan fingerprint density at radius 3 is 2.60 bits per heavy atom. The van der Waals surface area contributed by atoms with Gasteiger partial charge in [-0.25, -0.2) is 0 Å². The van der Waals surface area contributed by atoms with Gasteiger partial charge in [-0.1, -0.05) is 67.2 Å². The van der Waals surface area contributed by atoms with Crippen molar-refractivity contribution in [3.05, 3.63) is 70.7 Å². The van der Waals surface area contributed by atoms with Crippen LogP contribution < -0.4 is 0 Å². The third-order valence-corrected chi connectivity index (χ3v) is 4.24. The van der Waals surface area contributed by atoms with Gasteiger partial charge in [0.25, 0.3) is 0 Å². The number of hydrogen-bond donors (Lipinski definition) is 0. The molecule has 1 heteroatoms. The molecule has 1 heterocycles. The molecule has 0 spiro atoms. The van der Waals surface area contributed by atoms with E-state index in [-0.39, 0.29) is 0 Å². The van der Waals surface area contributed by atoms with Crippen LogP contribution in [0.2, 0.25) is 0 Å². The molecule has 0 saturated carbocycles. The van der Waals surface area contributed by atoms with Gasteiger partial charge < -0.3 is 0 Å². The minimum absolute atomic E-state index is 0.524. The summed E-state index contributed by atoms with van der Waals surface area (Å²) in [5, 5.41) is 0. The Morgan fingerprint density at radius 1 is 1.15 bits per heavy atom. The summed E-state index contributed by atoms with van der Waals surface area (Å²) in [6, 6.07) is 0. The van der Waals surface area contributed by atoms with Crippen molar-refractivity contribution >= 4 is 11.8 Å². The zero-order valence-corrected chi connectivity index (χ0v) is 14.0. The molecule has 1 unspecified atom stereocenters. The summed E-state index contributed by atoms with van der Waals surface area (Å²) in [7, 11) is 0. The molecule has 0 radical (unpaired) electrons. The number of thioether (sulfide) groups is 1. The molecule has 0 N–H and O–H groups in total. The minimum atomic E-state index is 0.524. The van der Waals surface area contributed by atoms with Crippen LogP contribution in [0.1, 0.15) is 34.1 Å². The Hall–Kier alpha value is -1.21. The summed E-state index contributed by atoms with van der Waals surface area (Å²) in [6.45, 7) is 12.9. The quantitative estimate of drug-likeness (QED) is 0.509. The Balaban J connectivity index is 2.93. The van der Waals surface area contributed by atoms with Crippen LogP contribution >= 0.6 is 11.8 Å². The maximum absolute atomic E-state index is 4.20. The smallest absolute Gasteiger partial charge is 0.0163 e. The molecule has 108 valence electrons. The Labute approximate surface area is 128 Å². The summed E-state index contributed by atoms with van der Waals surface area (Å²) in [6.07, 6.45) is 16.3. The molecule has 1 aliphatic heterocycles. The largest absolute Gasteiger partial charge is 0.127 e. The van der Waals surface area contributed by atoms with Crippen molar-refractivity contribution in [1.29, 1.82) is 0 Å². The van der Waals surface area contributed by atoms with Crippen LogP contribution in [0.3, 0.4) is 0 Å². The Kier molecular flexibility index (Phi) is 7.46. The molecule has 1 rings (SSSR count). The first-order valence-corrected chi connectivity index (χ1v) is 8.15. The number of rotatable bonds is 0. The van der Waals surface area contributed by atoms with E-state index in [0.717, 1.165) is 12.2 Å². The van der Waals surface area contributed by atoms with Gasteiger partial charge in [-0.2, -0.15) is 0 Å². The van der Waals surface area contributed by atoms with Gasteiger partial charge >= 0.3 is 0 Å². The predicted octanol–water partition coefficient (Wildman–Crippen LogP) is 6.22. The first-order chi connectivity index (χ1) is 9.49. The summed E-state index contributed by atoms with van der Waals surface area (Å²) in [5.74, 6) is 1.55. The zero-order valence-electron chi connectivity index (χ0n) is 13.1. The molecule has 0 amide bonds. The highest BCUT2D eigenvalue weighted by molar-refractivity contribution is 8.03. The molecule has 0 aliphatic carbocycles. The van der Waals surface area contributed by atoms with Gasteiger partial charge in [0.15, 0.2) is 0 Å². The molecule has 0 aromatic heterocycles. The van der Waals surface area contributed by atoms with Crippen LogP contribution in [0.4, 0.5) is 0 Å². The Bertz CT molecular complexity index is 484. The van der Waals surface area contributed by atoms with Gasteiger partial charge in [0, 0.05) is 5.75 Å². The number of hydrogen-bond acceptors (Lipinski definition) is 1. The molecule has 0 fully saturated rings. The van der Waals surface area contributed by atoms with Crippen molar-refractivity contribution in [2.24, 2.45) is 5.92 Å². The highest BCUT2D eigenvalue weighted by Gasteiger charge is 2.02. The van der Waals surface area contributed by atoms with E-state index in [9.17, 15) is 0 Å². The van der Waals surface area contributed by atoms with E-state index in [1.165, 1.54) is 21.6 Å². The molecule has 0 aromatic carbocycles. The van der Waals surface area contributed by atoms with E-state index in [0.29, 0.717) is 5.92 Å². The Morgan fingerprint density at radius 2 is 1.85 bits per heavy atom. The topological polar surface area (TPSA) is 0 Å². The molecule has 1 aliphatic rings. The first-order valence-electron chi connectivity index (χ1n) is 7.17. The van der Waals surface area contributed by atoms with E-state index >= 15 is 0 Å². The van der Waals surface area contributed by atoms with E-state index in [2.05, 4.69) is 76.8 Å². The van der Waals surface area contributed by atoms with E-state index in [1.807, 2.05) is 11.8 Å². The van der Waals surface area contributed by atoms with E-state index in [4.69, 9.17) is 0 Å². The van der Waals surface area contributed by atoms with Crippen LogP contribution in [0.25, 0.3) is 0 Å². The van der Waals surface area contributed by atoms with Gasteiger partial charge in [0.1, 0.15) is 0 Å². The average molecular weight is 286 g/mol. The van der Waals surface area contributed by atoms with Crippen LogP contribution in [-0.2, 0) is 0 Å². The van der Waals surface area contributed by atoms with Crippen molar-refractivity contribution in [1.82, 2.24) is 0 Å². The molecular weight excluding hydrogens is 260 g/mol. The van der Waals surface area contributed by atoms with Gasteiger partial charge in [-0.3, -0.25) is 0 Å². The molecule has 0 nitrogen and oxygen atoms in total. The maximum atomic E-state index is 4.20. The van der Waals surface area contributed by atoms with Crippen LogP contribution in [-0.4, -0.2) is 5.75 Å².